The van der Waals surface area contributed by atoms with E-state index in [4.69, 9.17) is 4.74 Å². The van der Waals surface area contributed by atoms with E-state index in [1.165, 1.54) is 0 Å². The van der Waals surface area contributed by atoms with Gasteiger partial charge in [-0.25, -0.2) is 0 Å². The number of carbonyl (C=O) groups is 1. The second-order valence-electron chi connectivity index (χ2n) is 5.62. The van der Waals surface area contributed by atoms with Crippen molar-refractivity contribution in [3.8, 4) is 0 Å². The number of guanidine groups is 1. The molecule has 124 valence electrons. The van der Waals surface area contributed by atoms with Gasteiger partial charge in [0.2, 0.25) is 17.6 Å². The Balaban J connectivity index is 1.72. The number of Topliss-reactive ketones (excluding diaryl/α,β-unsaturated/α-hetero) is 1. The average Bonchev–Trinajstić information content (AvgIpc) is 2.91. The first-order chi connectivity index (χ1) is 12.3. The van der Waals surface area contributed by atoms with Crippen LogP contribution in [0.4, 0.5) is 0 Å². The maximum absolute atomic E-state index is 12.7. The van der Waals surface area contributed by atoms with E-state index >= 15 is 0 Å². The minimum absolute atomic E-state index is 0.0717. The molecule has 0 radical (unpaired) electrons. The van der Waals surface area contributed by atoms with Gasteiger partial charge in [0.1, 0.15) is 5.70 Å². The molecule has 3 aliphatic rings. The molecule has 0 saturated heterocycles. The van der Waals surface area contributed by atoms with Crippen molar-refractivity contribution in [2.45, 2.75) is 6.92 Å². The van der Waals surface area contributed by atoms with Gasteiger partial charge < -0.3 is 10.1 Å². The molecule has 5 nitrogen and oxygen atoms in total. The summed E-state index contributed by atoms with van der Waals surface area (Å²) in [5.74, 6) is 1.05. The second-order valence-corrected chi connectivity index (χ2v) is 5.62. The summed E-state index contributed by atoms with van der Waals surface area (Å²) in [6, 6.07) is 9.19. The first-order valence-corrected chi connectivity index (χ1v) is 8.17. The standard InChI is InChI=1S/C20H17N3O2/c1-2-25-19-15-11-7-4-8-12-17(15)23-13-16(21-20(23)22-19)18(24)14-9-5-3-6-10-14/h3-13H,2H2,1H3,(H,21,22). The minimum atomic E-state index is -0.0717. The van der Waals surface area contributed by atoms with Crippen LogP contribution in [-0.2, 0) is 4.74 Å². The molecule has 1 aromatic rings. The zero-order valence-corrected chi connectivity index (χ0v) is 13.8. The number of nitrogens with one attached hydrogen (secondary N) is 1. The summed E-state index contributed by atoms with van der Waals surface area (Å²) in [6.45, 7) is 2.44. The maximum atomic E-state index is 12.7. The monoisotopic (exact) mass is 331 g/mol. The Morgan fingerprint density at radius 2 is 2.04 bits per heavy atom. The number of aliphatic imine (C=N–C) groups is 1. The lowest BCUT2D eigenvalue weighted by Crippen LogP contribution is -2.34. The van der Waals surface area contributed by atoms with E-state index < -0.39 is 0 Å². The summed E-state index contributed by atoms with van der Waals surface area (Å²) in [7, 11) is 0. The van der Waals surface area contributed by atoms with E-state index in [-0.39, 0.29) is 5.78 Å². The Hall–Kier alpha value is -3.34. The van der Waals surface area contributed by atoms with Crippen LogP contribution >= 0.6 is 0 Å². The summed E-state index contributed by atoms with van der Waals surface area (Å²) in [5.41, 5.74) is 2.93. The Morgan fingerprint density at radius 3 is 2.84 bits per heavy atom. The van der Waals surface area contributed by atoms with Crippen LogP contribution < -0.4 is 5.32 Å². The molecular weight excluding hydrogens is 314 g/mol. The molecule has 0 atom stereocenters. The molecule has 0 amide bonds. The molecule has 2 heterocycles. The van der Waals surface area contributed by atoms with Crippen LogP contribution in [0.15, 0.2) is 94.8 Å². The summed E-state index contributed by atoms with van der Waals surface area (Å²) >= 11 is 0. The van der Waals surface area contributed by atoms with Crippen molar-refractivity contribution in [3.63, 3.8) is 0 Å². The first kappa shape index (κ1) is 15.2. The van der Waals surface area contributed by atoms with Gasteiger partial charge in [-0.15, -0.1) is 0 Å². The van der Waals surface area contributed by atoms with Crippen molar-refractivity contribution in [1.82, 2.24) is 10.2 Å². The normalized spacial score (nSPS) is 17.8. The summed E-state index contributed by atoms with van der Waals surface area (Å²) in [6.07, 6.45) is 11.6. The highest BCUT2D eigenvalue weighted by atomic mass is 16.5. The van der Waals surface area contributed by atoms with Gasteiger partial charge in [0.25, 0.3) is 0 Å². The molecule has 25 heavy (non-hydrogen) atoms. The number of ether oxygens (including phenoxy) is 1. The average molecular weight is 331 g/mol. The third-order valence-corrected chi connectivity index (χ3v) is 4.01. The highest BCUT2D eigenvalue weighted by molar-refractivity contribution is 6.12. The van der Waals surface area contributed by atoms with E-state index in [0.29, 0.717) is 29.7 Å². The molecule has 0 aromatic heterocycles. The SMILES string of the molecule is CCOC1=C2C=CC=CC=C2N2C=C(C(=O)c3ccccc3)NC2=N1. The number of ketones is 1. The van der Waals surface area contributed by atoms with Crippen molar-refractivity contribution < 1.29 is 9.53 Å². The number of fused-ring (bicyclic) bond motifs is 3. The van der Waals surface area contributed by atoms with Crippen LogP contribution in [0.1, 0.15) is 17.3 Å². The molecule has 2 aliphatic heterocycles. The van der Waals surface area contributed by atoms with Gasteiger partial charge >= 0.3 is 0 Å². The van der Waals surface area contributed by atoms with Gasteiger partial charge in [-0.1, -0.05) is 48.6 Å². The van der Waals surface area contributed by atoms with Gasteiger partial charge in [-0.3, -0.25) is 9.69 Å². The lowest BCUT2D eigenvalue weighted by atomic mass is 10.1. The second kappa shape index (κ2) is 6.28. The fraction of sp³-hybridized carbons (Fsp3) is 0.100. The van der Waals surface area contributed by atoms with Gasteiger partial charge in [-0.2, -0.15) is 4.99 Å². The molecule has 4 rings (SSSR count). The third-order valence-electron chi connectivity index (χ3n) is 4.01. The molecule has 1 N–H and O–H groups in total. The van der Waals surface area contributed by atoms with E-state index in [1.807, 2.05) is 60.4 Å². The number of nitrogens with zero attached hydrogens (tertiary/aromatic N) is 2. The van der Waals surface area contributed by atoms with Crippen LogP contribution in [0.5, 0.6) is 0 Å². The molecule has 1 aromatic carbocycles. The first-order valence-electron chi connectivity index (χ1n) is 8.17. The van der Waals surface area contributed by atoms with Crippen molar-refractivity contribution in [2.75, 3.05) is 6.61 Å². The number of carbonyl (C=O) groups excluding carboxylic acids is 1. The van der Waals surface area contributed by atoms with Crippen molar-refractivity contribution in [2.24, 2.45) is 4.99 Å². The highest BCUT2D eigenvalue weighted by Gasteiger charge is 2.32. The summed E-state index contributed by atoms with van der Waals surface area (Å²) in [4.78, 5) is 19.2. The molecule has 1 aliphatic carbocycles. The zero-order chi connectivity index (χ0) is 17.2. The molecule has 0 spiro atoms. The molecule has 0 saturated carbocycles. The van der Waals surface area contributed by atoms with Gasteiger partial charge in [0.15, 0.2) is 0 Å². The Morgan fingerprint density at radius 1 is 1.20 bits per heavy atom. The van der Waals surface area contributed by atoms with Crippen LogP contribution in [-0.4, -0.2) is 23.2 Å². The fourth-order valence-corrected chi connectivity index (χ4v) is 2.86. The lowest BCUT2D eigenvalue weighted by Gasteiger charge is -2.26. The molecule has 0 bridgehead atoms. The van der Waals surface area contributed by atoms with Crippen LogP contribution in [0.25, 0.3) is 0 Å². The summed E-state index contributed by atoms with van der Waals surface area (Å²) < 4.78 is 5.69. The van der Waals surface area contributed by atoms with Crippen molar-refractivity contribution in [3.05, 3.63) is 95.3 Å². The van der Waals surface area contributed by atoms with Crippen molar-refractivity contribution in [1.29, 1.82) is 0 Å². The van der Waals surface area contributed by atoms with Gasteiger partial charge in [-0.05, 0) is 19.1 Å². The molecule has 0 fully saturated rings. The third kappa shape index (κ3) is 2.70. The quantitative estimate of drug-likeness (QED) is 0.861. The molecular formula is C20H17N3O2. The molecule has 0 unspecified atom stereocenters. The smallest absolute Gasteiger partial charge is 0.226 e. The number of rotatable bonds is 4. The van der Waals surface area contributed by atoms with E-state index in [0.717, 1.165) is 11.3 Å². The van der Waals surface area contributed by atoms with Gasteiger partial charge in [0.05, 0.1) is 17.9 Å². The molecule has 5 heteroatoms. The van der Waals surface area contributed by atoms with Crippen LogP contribution in [0.3, 0.4) is 0 Å². The maximum Gasteiger partial charge on any atom is 0.226 e. The van der Waals surface area contributed by atoms with E-state index in [9.17, 15) is 4.79 Å². The Labute approximate surface area is 146 Å². The largest absolute Gasteiger partial charge is 0.477 e. The minimum Gasteiger partial charge on any atom is -0.477 e. The highest BCUT2D eigenvalue weighted by Crippen LogP contribution is 2.31. The van der Waals surface area contributed by atoms with Gasteiger partial charge in [0, 0.05) is 11.8 Å². The number of allylic oxidation sites excluding steroid dienone is 6. The predicted octanol–water partition coefficient (Wildman–Crippen LogP) is 3.24. The predicted molar refractivity (Wildman–Crippen MR) is 96.3 cm³/mol. The van der Waals surface area contributed by atoms with Crippen LogP contribution in [0.2, 0.25) is 0 Å². The van der Waals surface area contributed by atoms with E-state index in [2.05, 4.69) is 10.3 Å². The number of benzene rings is 1. The zero-order valence-electron chi connectivity index (χ0n) is 13.8. The summed E-state index contributed by atoms with van der Waals surface area (Å²) in [5, 5.41) is 3.12. The Bertz CT molecular complexity index is 902. The van der Waals surface area contributed by atoms with Crippen LogP contribution in [0, 0.1) is 0 Å². The van der Waals surface area contributed by atoms with Crippen molar-refractivity contribution >= 4 is 11.7 Å². The Kier molecular flexibility index (Phi) is 3.82. The number of hydrogen-bond acceptors (Lipinski definition) is 5. The lowest BCUT2D eigenvalue weighted by molar-refractivity contribution is 0.103. The fourth-order valence-electron chi connectivity index (χ4n) is 2.86. The number of hydrogen-bond donors (Lipinski definition) is 1. The van der Waals surface area contributed by atoms with E-state index in [1.54, 1.807) is 18.3 Å². The topological polar surface area (TPSA) is 53.9 Å².